The average molecular weight is 352 g/mol. The fraction of sp³-hybridized carbons (Fsp3) is 0.300. The molecule has 6 heteroatoms. The molecule has 0 fully saturated rings. The topological polar surface area (TPSA) is 75.8 Å². The van der Waals surface area contributed by atoms with Gasteiger partial charge in [0.05, 0.1) is 16.9 Å². The summed E-state index contributed by atoms with van der Waals surface area (Å²) in [6, 6.07) is 10.6. The van der Waals surface area contributed by atoms with Crippen molar-refractivity contribution in [3.63, 3.8) is 0 Å². The number of fused-ring (bicyclic) bond motifs is 2. The highest BCUT2D eigenvalue weighted by Gasteiger charge is 2.57. The predicted octanol–water partition coefficient (Wildman–Crippen LogP) is 3.62. The number of anilines is 1. The first-order chi connectivity index (χ1) is 12.3. The van der Waals surface area contributed by atoms with E-state index in [0.29, 0.717) is 11.3 Å². The van der Waals surface area contributed by atoms with E-state index in [1.807, 2.05) is 37.4 Å². The van der Waals surface area contributed by atoms with Gasteiger partial charge in [-0.05, 0) is 49.3 Å². The van der Waals surface area contributed by atoms with Crippen LogP contribution in [-0.4, -0.2) is 22.8 Å². The summed E-state index contributed by atoms with van der Waals surface area (Å²) in [5.41, 5.74) is 2.61. The molecule has 2 aliphatic heterocycles. The van der Waals surface area contributed by atoms with E-state index in [9.17, 15) is 15.2 Å². The Balaban J connectivity index is 1.83. The van der Waals surface area contributed by atoms with Crippen LogP contribution in [0.1, 0.15) is 30.5 Å². The van der Waals surface area contributed by atoms with E-state index in [1.54, 1.807) is 6.07 Å². The Hall–Kier alpha value is -2.86. The number of hydrogen-bond donors (Lipinski definition) is 1. The summed E-state index contributed by atoms with van der Waals surface area (Å²) in [5, 5.41) is 20.5. The number of nitro groups is 1. The Bertz CT molecular complexity index is 951. The molecule has 2 aromatic carbocycles. The molecule has 0 aliphatic carbocycles. The molecule has 0 radical (unpaired) electrons. The quantitative estimate of drug-likeness (QED) is 0.660. The Morgan fingerprint density at radius 3 is 2.69 bits per heavy atom. The number of likely N-dealkylation sites (N-methyl/N-ethyl adjacent to an activating group) is 1. The second-order valence-electron chi connectivity index (χ2n) is 7.30. The van der Waals surface area contributed by atoms with Crippen molar-refractivity contribution in [2.75, 3.05) is 11.9 Å². The molecule has 0 saturated heterocycles. The fourth-order valence-corrected chi connectivity index (χ4v) is 4.06. The molecule has 0 saturated carbocycles. The molecule has 6 nitrogen and oxygen atoms in total. The van der Waals surface area contributed by atoms with E-state index in [1.165, 1.54) is 12.1 Å². The SMILES string of the molecule is CN1c2ccc(CO)cc2C(C)(C)C12C=Cc1cc([N+](=O)[O-])ccc1O2. The lowest BCUT2D eigenvalue weighted by atomic mass is 9.76. The molecular weight excluding hydrogens is 332 g/mol. The highest BCUT2D eigenvalue weighted by atomic mass is 16.6. The van der Waals surface area contributed by atoms with E-state index in [4.69, 9.17) is 4.74 Å². The Kier molecular flexibility index (Phi) is 3.39. The Morgan fingerprint density at radius 2 is 2.00 bits per heavy atom. The van der Waals surface area contributed by atoms with Gasteiger partial charge in [0.15, 0.2) is 0 Å². The number of nitro benzene ring substituents is 1. The maximum absolute atomic E-state index is 11.0. The van der Waals surface area contributed by atoms with Gasteiger partial charge in [0.1, 0.15) is 5.75 Å². The molecule has 2 aliphatic rings. The van der Waals surface area contributed by atoms with Crippen molar-refractivity contribution >= 4 is 17.5 Å². The first kappa shape index (κ1) is 16.6. The van der Waals surface area contributed by atoms with Crippen LogP contribution in [0.5, 0.6) is 5.75 Å². The first-order valence-electron chi connectivity index (χ1n) is 8.45. The van der Waals surface area contributed by atoms with Crippen LogP contribution in [0.4, 0.5) is 11.4 Å². The summed E-state index contributed by atoms with van der Waals surface area (Å²) in [4.78, 5) is 12.7. The van der Waals surface area contributed by atoms with Gasteiger partial charge in [-0.2, -0.15) is 0 Å². The van der Waals surface area contributed by atoms with Crippen LogP contribution in [0.15, 0.2) is 42.5 Å². The minimum Gasteiger partial charge on any atom is -0.463 e. The molecule has 0 aromatic heterocycles. The van der Waals surface area contributed by atoms with Gasteiger partial charge < -0.3 is 14.7 Å². The lowest BCUT2D eigenvalue weighted by Gasteiger charge is -2.45. The zero-order chi connectivity index (χ0) is 18.7. The highest BCUT2D eigenvalue weighted by Crippen LogP contribution is 2.54. The largest absolute Gasteiger partial charge is 0.463 e. The normalized spacial score (nSPS) is 22.1. The molecule has 1 atom stereocenters. The lowest BCUT2D eigenvalue weighted by molar-refractivity contribution is -0.384. The number of hydrogen-bond acceptors (Lipinski definition) is 5. The zero-order valence-corrected chi connectivity index (χ0v) is 14.9. The van der Waals surface area contributed by atoms with Gasteiger partial charge in [-0.25, -0.2) is 0 Å². The third-order valence-corrected chi connectivity index (χ3v) is 5.63. The monoisotopic (exact) mass is 352 g/mol. The van der Waals surface area contributed by atoms with Gasteiger partial charge in [0.25, 0.3) is 5.69 Å². The third-order valence-electron chi connectivity index (χ3n) is 5.63. The van der Waals surface area contributed by atoms with Crippen LogP contribution in [0, 0.1) is 10.1 Å². The van der Waals surface area contributed by atoms with Gasteiger partial charge >= 0.3 is 0 Å². The fourth-order valence-electron chi connectivity index (χ4n) is 4.06. The first-order valence-corrected chi connectivity index (χ1v) is 8.45. The summed E-state index contributed by atoms with van der Waals surface area (Å²) in [5.74, 6) is 0.619. The highest BCUT2D eigenvalue weighted by molar-refractivity contribution is 5.73. The number of nitrogens with zero attached hydrogens (tertiary/aromatic N) is 2. The van der Waals surface area contributed by atoms with Crippen LogP contribution < -0.4 is 9.64 Å². The van der Waals surface area contributed by atoms with E-state index in [-0.39, 0.29) is 12.3 Å². The molecular formula is C20H20N2O4. The number of non-ortho nitro benzene ring substituents is 1. The average Bonchev–Trinajstić information content (AvgIpc) is 2.79. The van der Waals surface area contributed by atoms with Gasteiger partial charge in [-0.1, -0.05) is 12.1 Å². The van der Waals surface area contributed by atoms with E-state index >= 15 is 0 Å². The second kappa shape index (κ2) is 5.32. The molecule has 0 amide bonds. The van der Waals surface area contributed by atoms with Crippen molar-refractivity contribution in [1.29, 1.82) is 0 Å². The summed E-state index contributed by atoms with van der Waals surface area (Å²) < 4.78 is 6.45. The summed E-state index contributed by atoms with van der Waals surface area (Å²) in [6.45, 7) is 4.21. The van der Waals surface area contributed by atoms with Gasteiger partial charge in [-0.15, -0.1) is 0 Å². The van der Waals surface area contributed by atoms with E-state index in [0.717, 1.165) is 16.8 Å². The third kappa shape index (κ3) is 2.02. The zero-order valence-electron chi connectivity index (χ0n) is 14.9. The van der Waals surface area contributed by atoms with Crippen molar-refractivity contribution in [3.8, 4) is 5.75 Å². The van der Waals surface area contributed by atoms with Crippen molar-refractivity contribution in [3.05, 3.63) is 69.3 Å². The molecule has 134 valence electrons. The standard InChI is InChI=1S/C20H20N2O4/c1-19(2)16-10-13(12-23)4-6-17(16)21(3)20(19)9-8-14-11-15(22(24)25)5-7-18(14)26-20/h4-11,23H,12H2,1-3H3. The van der Waals surface area contributed by atoms with Gasteiger partial charge in [-0.3, -0.25) is 10.1 Å². The van der Waals surface area contributed by atoms with Crippen molar-refractivity contribution in [2.24, 2.45) is 0 Å². The summed E-state index contributed by atoms with van der Waals surface area (Å²) in [7, 11) is 1.98. The van der Waals surface area contributed by atoms with Crippen LogP contribution in [0.3, 0.4) is 0 Å². The molecule has 2 aromatic rings. The maximum Gasteiger partial charge on any atom is 0.270 e. The molecule has 4 rings (SSSR count). The van der Waals surface area contributed by atoms with E-state index < -0.39 is 16.1 Å². The Morgan fingerprint density at radius 1 is 1.23 bits per heavy atom. The molecule has 0 bridgehead atoms. The van der Waals surface area contributed by atoms with Crippen molar-refractivity contribution in [1.82, 2.24) is 0 Å². The second-order valence-corrected chi connectivity index (χ2v) is 7.30. The van der Waals surface area contributed by atoms with Crippen LogP contribution in [0.2, 0.25) is 0 Å². The number of ether oxygens (including phenoxy) is 1. The van der Waals surface area contributed by atoms with Gasteiger partial charge in [0, 0.05) is 30.4 Å². The van der Waals surface area contributed by atoms with E-state index in [2.05, 4.69) is 18.7 Å². The number of benzene rings is 2. The lowest BCUT2D eigenvalue weighted by Crippen LogP contribution is -2.58. The van der Waals surface area contributed by atoms with Crippen LogP contribution in [-0.2, 0) is 12.0 Å². The molecule has 1 N–H and O–H groups in total. The molecule has 1 unspecified atom stereocenters. The van der Waals surface area contributed by atoms with Gasteiger partial charge in [0.2, 0.25) is 5.72 Å². The number of aliphatic hydroxyl groups is 1. The summed E-state index contributed by atoms with van der Waals surface area (Å²) in [6.07, 6.45) is 3.86. The number of aliphatic hydroxyl groups excluding tert-OH is 1. The molecule has 26 heavy (non-hydrogen) atoms. The minimum atomic E-state index is -0.744. The van der Waals surface area contributed by atoms with Crippen molar-refractivity contribution in [2.45, 2.75) is 31.6 Å². The van der Waals surface area contributed by atoms with Crippen LogP contribution in [0.25, 0.3) is 6.08 Å². The molecule has 2 heterocycles. The smallest absolute Gasteiger partial charge is 0.270 e. The predicted molar refractivity (Wildman–Crippen MR) is 99.3 cm³/mol. The molecule has 1 spiro atoms. The minimum absolute atomic E-state index is 0.0106. The Labute approximate surface area is 151 Å². The van der Waals surface area contributed by atoms with Crippen molar-refractivity contribution < 1.29 is 14.8 Å². The summed E-state index contributed by atoms with van der Waals surface area (Å²) >= 11 is 0. The number of rotatable bonds is 2. The van der Waals surface area contributed by atoms with Crippen LogP contribution >= 0.6 is 0 Å². The maximum atomic E-state index is 11.0.